The summed E-state index contributed by atoms with van der Waals surface area (Å²) in [7, 11) is 6.71. The maximum absolute atomic E-state index is 13.7. The van der Waals surface area contributed by atoms with Gasteiger partial charge in [-0.2, -0.15) is 0 Å². The average Bonchev–Trinajstić information content (AvgIpc) is 2.72. The van der Waals surface area contributed by atoms with Gasteiger partial charge in [0.1, 0.15) is 5.75 Å². The normalized spacial score (nSPS) is 32.9. The third-order valence-corrected chi connectivity index (χ3v) is 8.30. The van der Waals surface area contributed by atoms with Crippen molar-refractivity contribution in [3.8, 4) is 5.75 Å². The summed E-state index contributed by atoms with van der Waals surface area (Å²) in [6.45, 7) is 0. The fourth-order valence-electron chi connectivity index (χ4n) is 6.02. The molecule has 1 aromatic carbocycles. The first-order valence-electron chi connectivity index (χ1n) is 10.8. The Bertz CT molecular complexity index is 1160. The Hall–Kier alpha value is -2.38. The van der Waals surface area contributed by atoms with E-state index in [1.54, 1.807) is 34.3 Å². The standard InChI is InChI=1S/C23H26IN3O7/c1-26(2)12-7-11(24)17(28)14-9(12)5-8-6-10-16(27(3)4)19(30)15(22(25)33)21(32)23(10,34)20(31)13(8)18(14)29/h7-8,10,13,15-16,28,34H,5-6H2,1-4H3,(H2,25,33)/t8-,10-,13?,15?,16-,23-/m1/s1. The molecule has 4 rings (SSSR count). The number of hydrogen-bond donors (Lipinski definition) is 3. The van der Waals surface area contributed by atoms with E-state index in [1.807, 2.05) is 27.5 Å². The zero-order valence-corrected chi connectivity index (χ0v) is 21.3. The Kier molecular flexibility index (Phi) is 5.89. The summed E-state index contributed by atoms with van der Waals surface area (Å²) in [6, 6.07) is 0.636. The summed E-state index contributed by atoms with van der Waals surface area (Å²) < 4.78 is 0.424. The van der Waals surface area contributed by atoms with Gasteiger partial charge in [-0.1, -0.05) is 0 Å². The summed E-state index contributed by atoms with van der Waals surface area (Å²) >= 11 is 1.90. The number of ketones is 4. The topological polar surface area (TPSA) is 158 Å². The number of carbonyl (C=O) groups excluding carboxylic acids is 5. The molecule has 1 amide bonds. The smallest absolute Gasteiger partial charge is 0.235 e. The molecule has 11 heteroatoms. The van der Waals surface area contributed by atoms with Crippen molar-refractivity contribution in [2.75, 3.05) is 33.1 Å². The van der Waals surface area contributed by atoms with E-state index in [1.165, 1.54) is 4.90 Å². The number of halogens is 1. The number of hydrogen-bond acceptors (Lipinski definition) is 9. The summed E-state index contributed by atoms with van der Waals surface area (Å²) in [5, 5.41) is 22.3. The molecule has 10 nitrogen and oxygen atoms in total. The molecule has 0 radical (unpaired) electrons. The number of nitrogens with zero attached hydrogens (tertiary/aromatic N) is 2. The van der Waals surface area contributed by atoms with Crippen LogP contribution < -0.4 is 10.6 Å². The van der Waals surface area contributed by atoms with Gasteiger partial charge >= 0.3 is 0 Å². The average molecular weight is 583 g/mol. The number of aliphatic hydroxyl groups is 1. The summed E-state index contributed by atoms with van der Waals surface area (Å²) in [6.07, 6.45) is 0.271. The van der Waals surface area contributed by atoms with Crippen molar-refractivity contribution in [3.05, 3.63) is 20.8 Å². The Morgan fingerprint density at radius 3 is 2.29 bits per heavy atom. The molecule has 0 aliphatic heterocycles. The first-order chi connectivity index (χ1) is 15.7. The number of primary amides is 1. The van der Waals surface area contributed by atoms with Gasteiger partial charge in [0, 0.05) is 25.7 Å². The highest BCUT2D eigenvalue weighted by Gasteiger charge is 2.69. The lowest BCUT2D eigenvalue weighted by atomic mass is 9.52. The van der Waals surface area contributed by atoms with E-state index in [4.69, 9.17) is 5.73 Å². The van der Waals surface area contributed by atoms with Crippen LogP contribution in [0.15, 0.2) is 6.07 Å². The summed E-state index contributed by atoms with van der Waals surface area (Å²) in [4.78, 5) is 68.9. The molecule has 182 valence electrons. The molecule has 2 fully saturated rings. The fraction of sp³-hybridized carbons (Fsp3) is 0.522. The predicted molar refractivity (Wildman–Crippen MR) is 128 cm³/mol. The SMILES string of the molecule is CN(C)c1cc(I)c(O)c2c1C[C@@H]1C[C@@H]3[C@@H](N(C)C)C(=O)C(C(N)=O)C(=O)[C@]3(O)C(=O)C1C2=O. The van der Waals surface area contributed by atoms with Crippen molar-refractivity contribution >= 4 is 57.3 Å². The molecule has 0 bridgehead atoms. The number of phenols is 1. The lowest BCUT2D eigenvalue weighted by Crippen LogP contribution is -2.74. The molecule has 6 atom stereocenters. The summed E-state index contributed by atoms with van der Waals surface area (Å²) in [5.74, 6) is -10.3. The van der Waals surface area contributed by atoms with E-state index in [-0.39, 0.29) is 24.2 Å². The quantitative estimate of drug-likeness (QED) is 0.316. The second-order valence-electron chi connectivity index (χ2n) is 9.76. The zero-order chi connectivity index (χ0) is 25.4. The van der Waals surface area contributed by atoms with E-state index in [2.05, 4.69) is 0 Å². The van der Waals surface area contributed by atoms with Gasteiger partial charge in [0.25, 0.3) is 0 Å². The molecule has 0 spiro atoms. The molecule has 2 saturated carbocycles. The minimum absolute atomic E-state index is 0.00203. The number of likely N-dealkylation sites (N-methyl/N-ethyl adjacent to an activating group) is 1. The number of anilines is 1. The van der Waals surface area contributed by atoms with Gasteiger partial charge < -0.3 is 20.8 Å². The number of carbonyl (C=O) groups is 5. The highest BCUT2D eigenvalue weighted by Crippen LogP contribution is 2.52. The third-order valence-electron chi connectivity index (χ3n) is 7.47. The predicted octanol–water partition coefficient (Wildman–Crippen LogP) is -0.462. The molecule has 4 N–H and O–H groups in total. The number of phenolic OH excluding ortho intramolecular Hbond substituents is 1. The lowest BCUT2D eigenvalue weighted by Gasteiger charge is -2.52. The minimum Gasteiger partial charge on any atom is -0.506 e. The van der Waals surface area contributed by atoms with E-state index >= 15 is 0 Å². The number of aromatic hydroxyl groups is 1. The Morgan fingerprint density at radius 2 is 1.76 bits per heavy atom. The molecule has 2 unspecified atom stereocenters. The van der Waals surface area contributed by atoms with Crippen LogP contribution in [-0.4, -0.2) is 84.0 Å². The van der Waals surface area contributed by atoms with Crippen LogP contribution in [0.25, 0.3) is 0 Å². The molecule has 3 aliphatic carbocycles. The Labute approximate surface area is 209 Å². The van der Waals surface area contributed by atoms with Gasteiger partial charge in [0.05, 0.1) is 21.1 Å². The number of rotatable bonds is 3. The number of fused-ring (bicyclic) bond motifs is 3. The van der Waals surface area contributed by atoms with Crippen LogP contribution in [0.1, 0.15) is 22.3 Å². The van der Waals surface area contributed by atoms with Crippen molar-refractivity contribution in [3.63, 3.8) is 0 Å². The maximum atomic E-state index is 13.7. The third kappa shape index (κ3) is 3.16. The summed E-state index contributed by atoms with van der Waals surface area (Å²) in [5.41, 5.74) is 3.90. The van der Waals surface area contributed by atoms with Gasteiger partial charge in [0.15, 0.2) is 34.7 Å². The second-order valence-corrected chi connectivity index (χ2v) is 10.9. The first-order valence-corrected chi connectivity index (χ1v) is 11.9. The highest BCUT2D eigenvalue weighted by atomic mass is 127. The Morgan fingerprint density at radius 1 is 1.15 bits per heavy atom. The molecule has 0 heterocycles. The van der Waals surface area contributed by atoms with Crippen LogP contribution in [0.2, 0.25) is 0 Å². The van der Waals surface area contributed by atoms with Crippen molar-refractivity contribution in [2.24, 2.45) is 29.4 Å². The Balaban J connectivity index is 1.91. The van der Waals surface area contributed by atoms with Gasteiger partial charge in [-0.3, -0.25) is 28.9 Å². The van der Waals surface area contributed by atoms with Gasteiger partial charge in [-0.15, -0.1) is 0 Å². The van der Waals surface area contributed by atoms with Gasteiger partial charge in [-0.05, 0) is 67.1 Å². The minimum atomic E-state index is -2.71. The van der Waals surface area contributed by atoms with Crippen LogP contribution in [-0.2, 0) is 25.6 Å². The molecule has 34 heavy (non-hydrogen) atoms. The van der Waals surface area contributed by atoms with Crippen LogP contribution >= 0.6 is 22.6 Å². The first kappa shape index (κ1) is 24.7. The van der Waals surface area contributed by atoms with Crippen molar-refractivity contribution < 1.29 is 34.2 Å². The van der Waals surface area contributed by atoms with Crippen molar-refractivity contribution in [1.29, 1.82) is 0 Å². The van der Waals surface area contributed by atoms with E-state index in [9.17, 15) is 34.2 Å². The van der Waals surface area contributed by atoms with Gasteiger partial charge in [-0.25, -0.2) is 0 Å². The molecular formula is C23H26IN3O7. The highest BCUT2D eigenvalue weighted by molar-refractivity contribution is 14.1. The lowest BCUT2D eigenvalue weighted by molar-refractivity contribution is -0.181. The second kappa shape index (κ2) is 8.09. The van der Waals surface area contributed by atoms with E-state index in [0.717, 1.165) is 0 Å². The monoisotopic (exact) mass is 583 g/mol. The van der Waals surface area contributed by atoms with Crippen LogP contribution in [0.5, 0.6) is 5.75 Å². The number of Topliss-reactive ketones (excluding diaryl/α,β-unsaturated/α-hetero) is 4. The van der Waals surface area contributed by atoms with Crippen LogP contribution in [0.4, 0.5) is 5.69 Å². The molecule has 0 aromatic heterocycles. The maximum Gasteiger partial charge on any atom is 0.235 e. The van der Waals surface area contributed by atoms with Gasteiger partial charge in [0.2, 0.25) is 5.91 Å². The van der Waals surface area contributed by atoms with Crippen molar-refractivity contribution in [1.82, 2.24) is 4.90 Å². The molecule has 0 saturated heterocycles. The molecular weight excluding hydrogens is 557 g/mol. The van der Waals surface area contributed by atoms with Crippen LogP contribution in [0, 0.1) is 27.2 Å². The van der Waals surface area contributed by atoms with Crippen molar-refractivity contribution in [2.45, 2.75) is 24.5 Å². The number of amides is 1. The largest absolute Gasteiger partial charge is 0.506 e. The van der Waals surface area contributed by atoms with E-state index < -0.39 is 64.4 Å². The fourth-order valence-corrected chi connectivity index (χ4v) is 6.58. The number of nitrogens with two attached hydrogens (primary N) is 1. The molecule has 1 aromatic rings. The zero-order valence-electron chi connectivity index (χ0n) is 19.2. The van der Waals surface area contributed by atoms with Crippen LogP contribution in [0.3, 0.4) is 0 Å². The molecule has 3 aliphatic rings. The number of benzene rings is 1. The van der Waals surface area contributed by atoms with E-state index in [0.29, 0.717) is 14.8 Å².